The van der Waals surface area contributed by atoms with E-state index in [1.165, 1.54) is 4.57 Å². The van der Waals surface area contributed by atoms with Crippen molar-refractivity contribution >= 4 is 27.8 Å². The highest BCUT2D eigenvalue weighted by molar-refractivity contribution is 7.20. The lowest BCUT2D eigenvalue weighted by Crippen LogP contribution is -2.40. The van der Waals surface area contributed by atoms with E-state index in [0.29, 0.717) is 20.7 Å². The van der Waals surface area contributed by atoms with E-state index >= 15 is 0 Å². The molecule has 1 fully saturated rings. The number of aromatic amines is 1. The molecule has 0 aliphatic heterocycles. The zero-order chi connectivity index (χ0) is 12.9. The molecule has 18 heavy (non-hydrogen) atoms. The number of nitrogens with one attached hydrogen (secondary N) is 1. The van der Waals surface area contributed by atoms with Crippen molar-refractivity contribution in [1.82, 2.24) is 9.55 Å². The number of aryl methyl sites for hydroxylation is 1. The van der Waals surface area contributed by atoms with Crippen molar-refractivity contribution in [2.45, 2.75) is 32.2 Å². The van der Waals surface area contributed by atoms with E-state index in [4.69, 9.17) is 0 Å². The second-order valence-electron chi connectivity index (χ2n) is 4.60. The minimum absolute atomic E-state index is 0.0182. The standard InChI is InChI=1S/C12H12N2O3S/c1-6-8(5-15)18-10-9(6)11(16)14(12(17)13-10)7-3-2-4-7/h5,7H,2-4H2,1H3,(H,13,17). The van der Waals surface area contributed by atoms with E-state index < -0.39 is 0 Å². The smallest absolute Gasteiger partial charge is 0.298 e. The van der Waals surface area contributed by atoms with Gasteiger partial charge in [-0.3, -0.25) is 19.1 Å². The van der Waals surface area contributed by atoms with Gasteiger partial charge in [0.1, 0.15) is 4.83 Å². The lowest BCUT2D eigenvalue weighted by molar-refractivity contribution is 0.112. The van der Waals surface area contributed by atoms with Crippen molar-refractivity contribution in [3.63, 3.8) is 0 Å². The molecule has 2 aromatic heterocycles. The van der Waals surface area contributed by atoms with Crippen LogP contribution >= 0.6 is 11.3 Å². The van der Waals surface area contributed by atoms with Gasteiger partial charge in [-0.05, 0) is 31.7 Å². The third-order valence-corrected chi connectivity index (χ3v) is 4.74. The van der Waals surface area contributed by atoms with Crippen molar-refractivity contribution in [1.29, 1.82) is 0 Å². The SMILES string of the molecule is Cc1c(C=O)sc2[nH]c(=O)n(C3CCC3)c(=O)c12. The van der Waals surface area contributed by atoms with E-state index in [1.807, 2.05) is 0 Å². The summed E-state index contributed by atoms with van der Waals surface area (Å²) in [5, 5.41) is 0.480. The highest BCUT2D eigenvalue weighted by Gasteiger charge is 2.25. The van der Waals surface area contributed by atoms with Crippen LogP contribution in [0.2, 0.25) is 0 Å². The van der Waals surface area contributed by atoms with E-state index in [1.54, 1.807) is 6.92 Å². The van der Waals surface area contributed by atoms with Gasteiger partial charge in [-0.1, -0.05) is 0 Å². The van der Waals surface area contributed by atoms with Crippen LogP contribution in [0, 0.1) is 6.92 Å². The van der Waals surface area contributed by atoms with E-state index in [-0.39, 0.29) is 17.3 Å². The maximum absolute atomic E-state index is 12.4. The molecule has 1 aliphatic carbocycles. The molecule has 1 N–H and O–H groups in total. The molecule has 0 atom stereocenters. The highest BCUT2D eigenvalue weighted by Crippen LogP contribution is 2.30. The van der Waals surface area contributed by atoms with Crippen LogP contribution in [-0.2, 0) is 0 Å². The molecule has 5 nitrogen and oxygen atoms in total. The van der Waals surface area contributed by atoms with Crippen molar-refractivity contribution in [3.05, 3.63) is 31.3 Å². The molecular formula is C12H12N2O3S. The van der Waals surface area contributed by atoms with Crippen molar-refractivity contribution in [2.24, 2.45) is 0 Å². The van der Waals surface area contributed by atoms with Crippen LogP contribution in [0.25, 0.3) is 10.2 Å². The molecule has 0 amide bonds. The molecule has 3 rings (SSSR count). The fourth-order valence-corrected chi connectivity index (χ4v) is 3.34. The Morgan fingerprint density at radius 2 is 2.11 bits per heavy atom. The Kier molecular flexibility index (Phi) is 2.48. The number of aromatic nitrogens is 2. The summed E-state index contributed by atoms with van der Waals surface area (Å²) in [6.07, 6.45) is 3.53. The van der Waals surface area contributed by atoms with Gasteiger partial charge < -0.3 is 0 Å². The number of rotatable bonds is 2. The number of thiophene rings is 1. The number of H-pyrrole nitrogens is 1. The van der Waals surface area contributed by atoms with Gasteiger partial charge in [-0.2, -0.15) is 0 Å². The van der Waals surface area contributed by atoms with Gasteiger partial charge in [0.25, 0.3) is 5.56 Å². The number of nitrogens with zero attached hydrogens (tertiary/aromatic N) is 1. The van der Waals surface area contributed by atoms with E-state index in [0.717, 1.165) is 36.9 Å². The average molecular weight is 264 g/mol. The predicted octanol–water partition coefficient (Wildman–Crippen LogP) is 1.60. The molecule has 6 heteroatoms. The Labute approximate surface area is 106 Å². The van der Waals surface area contributed by atoms with Gasteiger partial charge in [0.15, 0.2) is 6.29 Å². The number of aldehydes is 1. The molecule has 0 radical (unpaired) electrons. The maximum Gasteiger partial charge on any atom is 0.329 e. The average Bonchev–Trinajstić information content (AvgIpc) is 2.58. The molecule has 0 spiro atoms. The fraction of sp³-hybridized carbons (Fsp3) is 0.417. The van der Waals surface area contributed by atoms with Crippen molar-refractivity contribution < 1.29 is 4.79 Å². The van der Waals surface area contributed by atoms with Crippen molar-refractivity contribution in [3.8, 4) is 0 Å². The zero-order valence-electron chi connectivity index (χ0n) is 9.86. The van der Waals surface area contributed by atoms with Crippen LogP contribution in [0.15, 0.2) is 9.59 Å². The summed E-state index contributed by atoms with van der Waals surface area (Å²) in [7, 11) is 0. The van der Waals surface area contributed by atoms with Gasteiger partial charge in [0.05, 0.1) is 10.3 Å². The minimum atomic E-state index is -0.365. The van der Waals surface area contributed by atoms with Crippen LogP contribution in [0.3, 0.4) is 0 Å². The second-order valence-corrected chi connectivity index (χ2v) is 5.66. The summed E-state index contributed by atoms with van der Waals surface area (Å²) in [6.45, 7) is 1.74. The number of carbonyl (C=O) groups is 1. The van der Waals surface area contributed by atoms with Crippen LogP contribution in [0.4, 0.5) is 0 Å². The molecule has 0 unspecified atom stereocenters. The molecule has 1 saturated carbocycles. The molecule has 2 aromatic rings. The Morgan fingerprint density at radius 1 is 1.39 bits per heavy atom. The zero-order valence-corrected chi connectivity index (χ0v) is 10.7. The maximum atomic E-state index is 12.4. The predicted molar refractivity (Wildman–Crippen MR) is 69.7 cm³/mol. The molecule has 0 aromatic carbocycles. The summed E-state index contributed by atoms with van der Waals surface area (Å²) in [5.74, 6) is 0. The number of fused-ring (bicyclic) bond motifs is 1. The Bertz CT molecular complexity index is 749. The number of hydrogen-bond donors (Lipinski definition) is 1. The summed E-state index contributed by atoms with van der Waals surface area (Å²) in [5.41, 5.74) is 0.0375. The highest BCUT2D eigenvalue weighted by atomic mass is 32.1. The van der Waals surface area contributed by atoms with Gasteiger partial charge in [0, 0.05) is 6.04 Å². The second kappa shape index (κ2) is 3.91. The topological polar surface area (TPSA) is 71.9 Å². The van der Waals surface area contributed by atoms with Crippen LogP contribution in [0.1, 0.15) is 40.5 Å². The molecule has 2 heterocycles. The molecule has 1 aliphatic rings. The summed E-state index contributed by atoms with van der Waals surface area (Å²) < 4.78 is 1.31. The Morgan fingerprint density at radius 3 is 2.67 bits per heavy atom. The Balaban J connectivity index is 2.39. The third kappa shape index (κ3) is 1.42. The van der Waals surface area contributed by atoms with Gasteiger partial charge in [0.2, 0.25) is 0 Å². The van der Waals surface area contributed by atoms with Crippen LogP contribution in [0.5, 0.6) is 0 Å². The van der Waals surface area contributed by atoms with Crippen LogP contribution in [-0.4, -0.2) is 15.8 Å². The normalized spacial score (nSPS) is 15.8. The summed E-state index contributed by atoms with van der Waals surface area (Å²) in [4.78, 5) is 38.9. The fourth-order valence-electron chi connectivity index (χ4n) is 2.34. The first-order chi connectivity index (χ1) is 8.63. The molecule has 0 bridgehead atoms. The van der Waals surface area contributed by atoms with Crippen molar-refractivity contribution in [2.75, 3.05) is 0 Å². The Hall–Kier alpha value is -1.69. The third-order valence-electron chi connectivity index (χ3n) is 3.60. The van der Waals surface area contributed by atoms with Crippen LogP contribution < -0.4 is 11.2 Å². The lowest BCUT2D eigenvalue weighted by Gasteiger charge is -2.26. The quantitative estimate of drug-likeness (QED) is 0.837. The molecule has 0 saturated heterocycles. The first-order valence-electron chi connectivity index (χ1n) is 5.86. The van der Waals surface area contributed by atoms with Gasteiger partial charge >= 0.3 is 5.69 Å². The number of hydrogen-bond acceptors (Lipinski definition) is 4. The monoisotopic (exact) mass is 264 g/mol. The van der Waals surface area contributed by atoms with Gasteiger partial charge in [-0.15, -0.1) is 11.3 Å². The summed E-state index contributed by atoms with van der Waals surface area (Å²) in [6, 6.07) is 0.0182. The van der Waals surface area contributed by atoms with E-state index in [2.05, 4.69) is 4.98 Å². The largest absolute Gasteiger partial charge is 0.329 e. The molecular weight excluding hydrogens is 252 g/mol. The minimum Gasteiger partial charge on any atom is -0.298 e. The van der Waals surface area contributed by atoms with Gasteiger partial charge in [-0.25, -0.2) is 4.79 Å². The molecule has 94 valence electrons. The first kappa shape index (κ1) is 11.4. The lowest BCUT2D eigenvalue weighted by atomic mass is 9.93. The first-order valence-corrected chi connectivity index (χ1v) is 6.68. The summed E-state index contributed by atoms with van der Waals surface area (Å²) >= 11 is 1.16. The van der Waals surface area contributed by atoms with E-state index in [9.17, 15) is 14.4 Å². The number of carbonyl (C=O) groups excluding carboxylic acids is 1.